The Bertz CT molecular complexity index is 1230. The first-order valence-electron chi connectivity index (χ1n) is 10.8. The van der Waals surface area contributed by atoms with Crippen LogP contribution in [0.5, 0.6) is 0 Å². The normalized spacial score (nSPS) is 17.5. The number of piperidine rings is 1. The average molecular weight is 476 g/mol. The molecule has 1 saturated heterocycles. The van der Waals surface area contributed by atoms with Crippen LogP contribution < -0.4 is 5.32 Å². The molecular formula is C22H26ClN5O3S. The molecule has 32 heavy (non-hydrogen) atoms. The fourth-order valence-corrected chi connectivity index (χ4v) is 5.90. The minimum Gasteiger partial charge on any atom is -0.351 e. The van der Waals surface area contributed by atoms with Gasteiger partial charge in [-0.25, -0.2) is 13.1 Å². The lowest BCUT2D eigenvalue weighted by Gasteiger charge is -2.33. The Balaban J connectivity index is 1.56. The molecule has 1 amide bonds. The number of amides is 1. The number of hydrogen-bond donors (Lipinski definition) is 1. The molecule has 2 aromatic carbocycles. The van der Waals surface area contributed by atoms with Crippen LogP contribution in [0.2, 0.25) is 5.02 Å². The summed E-state index contributed by atoms with van der Waals surface area (Å²) in [6.07, 6.45) is 2.88. The highest BCUT2D eigenvalue weighted by Gasteiger charge is 2.37. The molecule has 0 aliphatic carbocycles. The van der Waals surface area contributed by atoms with Crippen LogP contribution in [0, 0.1) is 0 Å². The molecule has 1 aromatic heterocycles. The van der Waals surface area contributed by atoms with Crippen LogP contribution in [0.25, 0.3) is 11.0 Å². The third kappa shape index (κ3) is 4.51. The van der Waals surface area contributed by atoms with Crippen molar-refractivity contribution in [3.63, 3.8) is 0 Å². The number of aryl methyl sites for hydroxylation is 1. The van der Waals surface area contributed by atoms with E-state index in [0.29, 0.717) is 36.5 Å². The summed E-state index contributed by atoms with van der Waals surface area (Å²) in [5.41, 5.74) is 2.10. The van der Waals surface area contributed by atoms with Gasteiger partial charge in [0.25, 0.3) is 0 Å². The molecule has 1 fully saturated rings. The van der Waals surface area contributed by atoms with Crippen molar-refractivity contribution >= 4 is 38.6 Å². The van der Waals surface area contributed by atoms with Crippen LogP contribution in [0.4, 0.5) is 0 Å². The molecule has 1 N–H and O–H groups in total. The molecule has 1 aliphatic heterocycles. The molecule has 0 radical (unpaired) electrons. The zero-order chi connectivity index (χ0) is 22.7. The molecule has 3 aromatic rings. The van der Waals surface area contributed by atoms with E-state index in [9.17, 15) is 13.2 Å². The fourth-order valence-electron chi connectivity index (χ4n) is 4.02. The zero-order valence-corrected chi connectivity index (χ0v) is 19.4. The smallest absolute Gasteiger partial charge is 0.243 e. The second-order valence-electron chi connectivity index (χ2n) is 7.90. The third-order valence-corrected chi connectivity index (χ3v) is 7.97. The SMILES string of the molecule is CCCn1nnc2cc(S(=O)(=O)N3CCCC[C@H]3C(=O)NCc3ccccc3Cl)ccc21. The monoisotopic (exact) mass is 475 g/mol. The predicted octanol–water partition coefficient (Wildman–Crippen LogP) is 3.35. The van der Waals surface area contributed by atoms with E-state index in [0.717, 1.165) is 23.9 Å². The first kappa shape index (κ1) is 22.7. The van der Waals surface area contributed by atoms with E-state index >= 15 is 0 Å². The highest BCUT2D eigenvalue weighted by atomic mass is 35.5. The summed E-state index contributed by atoms with van der Waals surface area (Å²) in [6, 6.07) is 11.3. The van der Waals surface area contributed by atoms with Gasteiger partial charge in [-0.15, -0.1) is 5.10 Å². The standard InChI is InChI=1S/C22H26ClN5O3S/c1-2-12-27-20-11-10-17(14-19(20)25-26-27)32(30,31)28-13-6-5-9-21(28)22(29)24-15-16-7-3-4-8-18(16)23/h3-4,7-8,10-11,14,21H,2,5-6,9,12-13,15H2,1H3,(H,24,29)/t21-/m0/s1. The molecule has 0 spiro atoms. The van der Waals surface area contributed by atoms with Gasteiger partial charge >= 0.3 is 0 Å². The Hall–Kier alpha value is -2.49. The Labute approximate surface area is 192 Å². The second kappa shape index (κ2) is 9.56. The highest BCUT2D eigenvalue weighted by molar-refractivity contribution is 7.89. The van der Waals surface area contributed by atoms with E-state index < -0.39 is 16.1 Å². The first-order valence-corrected chi connectivity index (χ1v) is 12.6. The number of aromatic nitrogens is 3. The zero-order valence-electron chi connectivity index (χ0n) is 17.9. The van der Waals surface area contributed by atoms with E-state index in [2.05, 4.69) is 15.6 Å². The number of rotatable bonds is 7. The van der Waals surface area contributed by atoms with Gasteiger partial charge in [0, 0.05) is 24.7 Å². The van der Waals surface area contributed by atoms with Gasteiger partial charge in [0.2, 0.25) is 15.9 Å². The number of fused-ring (bicyclic) bond motifs is 1. The van der Waals surface area contributed by atoms with Crippen molar-refractivity contribution in [1.29, 1.82) is 0 Å². The number of sulfonamides is 1. The van der Waals surface area contributed by atoms with Gasteiger partial charge in [0.05, 0.1) is 10.4 Å². The van der Waals surface area contributed by atoms with Crippen LogP contribution >= 0.6 is 11.6 Å². The number of nitrogens with zero attached hydrogens (tertiary/aromatic N) is 4. The first-order chi connectivity index (χ1) is 15.4. The van der Waals surface area contributed by atoms with E-state index in [4.69, 9.17) is 11.6 Å². The van der Waals surface area contributed by atoms with Gasteiger partial charge in [0.15, 0.2) is 0 Å². The van der Waals surface area contributed by atoms with Gasteiger partial charge in [-0.2, -0.15) is 4.31 Å². The van der Waals surface area contributed by atoms with E-state index in [1.165, 1.54) is 10.4 Å². The lowest BCUT2D eigenvalue weighted by Crippen LogP contribution is -2.51. The average Bonchev–Trinajstić information content (AvgIpc) is 3.21. The maximum absolute atomic E-state index is 13.5. The van der Waals surface area contributed by atoms with Crippen molar-refractivity contribution in [3.05, 3.63) is 53.1 Å². The minimum absolute atomic E-state index is 0.124. The molecule has 0 saturated carbocycles. The van der Waals surface area contributed by atoms with Crippen LogP contribution in [0.3, 0.4) is 0 Å². The molecule has 170 valence electrons. The quantitative estimate of drug-likeness (QED) is 0.565. The lowest BCUT2D eigenvalue weighted by molar-refractivity contribution is -0.125. The Morgan fingerprint density at radius 2 is 2.03 bits per heavy atom. The maximum Gasteiger partial charge on any atom is 0.243 e. The fraction of sp³-hybridized carbons (Fsp3) is 0.409. The van der Waals surface area contributed by atoms with E-state index in [-0.39, 0.29) is 17.3 Å². The molecule has 10 heteroatoms. The number of hydrogen-bond acceptors (Lipinski definition) is 5. The van der Waals surface area contributed by atoms with Crippen LogP contribution in [0.15, 0.2) is 47.4 Å². The molecule has 0 bridgehead atoms. The number of carbonyl (C=O) groups excluding carboxylic acids is 1. The van der Waals surface area contributed by atoms with E-state index in [1.807, 2.05) is 25.1 Å². The lowest BCUT2D eigenvalue weighted by atomic mass is 10.0. The number of carbonyl (C=O) groups is 1. The topological polar surface area (TPSA) is 97.2 Å². The van der Waals surface area contributed by atoms with Crippen molar-refractivity contribution in [1.82, 2.24) is 24.6 Å². The molecule has 0 unspecified atom stereocenters. The summed E-state index contributed by atoms with van der Waals surface area (Å²) in [5.74, 6) is -0.317. The summed E-state index contributed by atoms with van der Waals surface area (Å²) in [4.78, 5) is 13.1. The van der Waals surface area contributed by atoms with Gasteiger partial charge in [-0.3, -0.25) is 4.79 Å². The van der Waals surface area contributed by atoms with Crippen molar-refractivity contribution in [3.8, 4) is 0 Å². The molecule has 8 nitrogen and oxygen atoms in total. The van der Waals surface area contributed by atoms with Crippen molar-refractivity contribution < 1.29 is 13.2 Å². The van der Waals surface area contributed by atoms with Gasteiger partial charge in [-0.1, -0.05) is 48.4 Å². The van der Waals surface area contributed by atoms with Crippen LogP contribution in [0.1, 0.15) is 38.2 Å². The minimum atomic E-state index is -3.87. The highest BCUT2D eigenvalue weighted by Crippen LogP contribution is 2.27. The van der Waals surface area contributed by atoms with Gasteiger partial charge < -0.3 is 5.32 Å². The van der Waals surface area contributed by atoms with Crippen LogP contribution in [-0.2, 0) is 27.9 Å². The summed E-state index contributed by atoms with van der Waals surface area (Å²) in [5, 5.41) is 11.6. The molecule has 1 atom stereocenters. The van der Waals surface area contributed by atoms with Crippen molar-refractivity contribution in [2.24, 2.45) is 0 Å². The van der Waals surface area contributed by atoms with Gasteiger partial charge in [-0.05, 0) is 49.1 Å². The van der Waals surface area contributed by atoms with Crippen LogP contribution in [-0.4, -0.2) is 46.2 Å². The predicted molar refractivity (Wildman–Crippen MR) is 123 cm³/mol. The Kier molecular flexibility index (Phi) is 6.78. The summed E-state index contributed by atoms with van der Waals surface area (Å²) < 4.78 is 30.0. The number of halogens is 1. The molecular weight excluding hydrogens is 450 g/mol. The summed E-state index contributed by atoms with van der Waals surface area (Å²) >= 11 is 6.17. The summed E-state index contributed by atoms with van der Waals surface area (Å²) in [6.45, 7) is 3.30. The van der Waals surface area contributed by atoms with Crippen molar-refractivity contribution in [2.75, 3.05) is 6.54 Å². The number of nitrogens with one attached hydrogen (secondary N) is 1. The van der Waals surface area contributed by atoms with Gasteiger partial charge in [0.1, 0.15) is 11.6 Å². The molecule has 4 rings (SSSR count). The molecule has 2 heterocycles. The molecule has 1 aliphatic rings. The maximum atomic E-state index is 13.5. The third-order valence-electron chi connectivity index (χ3n) is 5.69. The largest absolute Gasteiger partial charge is 0.351 e. The number of benzene rings is 2. The van der Waals surface area contributed by atoms with E-state index in [1.54, 1.807) is 22.9 Å². The van der Waals surface area contributed by atoms with Crippen molar-refractivity contribution in [2.45, 2.75) is 56.6 Å². The Morgan fingerprint density at radius 1 is 1.22 bits per heavy atom. The second-order valence-corrected chi connectivity index (χ2v) is 10.2. The summed E-state index contributed by atoms with van der Waals surface area (Å²) in [7, 11) is -3.87. The Morgan fingerprint density at radius 3 is 2.81 bits per heavy atom.